The number of hydrogen-bond acceptors (Lipinski definition) is 6. The van der Waals surface area contributed by atoms with Crippen molar-refractivity contribution in [1.29, 1.82) is 0 Å². The van der Waals surface area contributed by atoms with E-state index in [-0.39, 0.29) is 11.5 Å². The van der Waals surface area contributed by atoms with Gasteiger partial charge in [-0.1, -0.05) is 59.9 Å². The monoisotopic (exact) mass is 513 g/mol. The number of aromatic carboxylic acids is 1. The molecule has 3 aromatic carbocycles. The lowest BCUT2D eigenvalue weighted by atomic mass is 10.0. The van der Waals surface area contributed by atoms with Crippen LogP contribution in [-0.2, 0) is 13.0 Å². The van der Waals surface area contributed by atoms with E-state index >= 15 is 0 Å². The van der Waals surface area contributed by atoms with Crippen LogP contribution in [0.3, 0.4) is 0 Å². The van der Waals surface area contributed by atoms with Gasteiger partial charge in [0, 0.05) is 24.8 Å². The fourth-order valence-corrected chi connectivity index (χ4v) is 5.05. The molecule has 5 aromatic rings. The first-order valence-electron chi connectivity index (χ1n) is 11.7. The minimum absolute atomic E-state index is 0.0140. The number of halogens is 1. The molecule has 2 aromatic heterocycles. The van der Waals surface area contributed by atoms with E-state index in [0.717, 1.165) is 34.0 Å². The van der Waals surface area contributed by atoms with E-state index in [1.54, 1.807) is 25.4 Å². The lowest BCUT2D eigenvalue weighted by molar-refractivity contribution is 0.0690. The van der Waals surface area contributed by atoms with Crippen LogP contribution < -0.4 is 9.64 Å². The molecule has 0 amide bonds. The smallest absolute Gasteiger partial charge is 0.354 e. The van der Waals surface area contributed by atoms with Gasteiger partial charge in [0.2, 0.25) is 0 Å². The Labute approximate surface area is 217 Å². The SMILES string of the molecule is COc1ccc(CCN(Cc2ccc(-c3ccc(C(=O)O)nc3)cc2)c2nc3cccc(F)c3s2)cc1. The molecule has 37 heavy (non-hydrogen) atoms. The van der Waals surface area contributed by atoms with E-state index in [0.29, 0.717) is 23.3 Å². The summed E-state index contributed by atoms with van der Waals surface area (Å²) in [5.74, 6) is -0.496. The molecule has 1 N–H and O–H groups in total. The minimum atomic E-state index is -1.05. The molecule has 6 nitrogen and oxygen atoms in total. The summed E-state index contributed by atoms with van der Waals surface area (Å²) < 4.78 is 20.2. The molecule has 5 rings (SSSR count). The molecule has 2 heterocycles. The maximum Gasteiger partial charge on any atom is 0.354 e. The van der Waals surface area contributed by atoms with Crippen molar-refractivity contribution in [3.8, 4) is 16.9 Å². The molecular formula is C29H24FN3O3S. The molecule has 0 aliphatic rings. The van der Waals surface area contributed by atoms with Crippen molar-refractivity contribution in [3.63, 3.8) is 0 Å². The molecule has 8 heteroatoms. The predicted octanol–water partition coefficient (Wildman–Crippen LogP) is 6.45. The molecule has 0 saturated carbocycles. The molecule has 0 radical (unpaired) electrons. The largest absolute Gasteiger partial charge is 0.497 e. The minimum Gasteiger partial charge on any atom is -0.497 e. The number of hydrogen-bond donors (Lipinski definition) is 1. The second-order valence-corrected chi connectivity index (χ2v) is 9.52. The van der Waals surface area contributed by atoms with Gasteiger partial charge in [0.25, 0.3) is 0 Å². The Morgan fingerprint density at radius 3 is 2.35 bits per heavy atom. The fraction of sp³-hybridized carbons (Fsp3) is 0.138. The highest BCUT2D eigenvalue weighted by Crippen LogP contribution is 2.32. The van der Waals surface area contributed by atoms with Crippen molar-refractivity contribution >= 4 is 32.7 Å². The third-order valence-corrected chi connectivity index (χ3v) is 7.24. The van der Waals surface area contributed by atoms with Gasteiger partial charge in [0.15, 0.2) is 5.13 Å². The zero-order valence-corrected chi connectivity index (χ0v) is 20.9. The van der Waals surface area contributed by atoms with Crippen molar-refractivity contribution in [2.24, 2.45) is 0 Å². The van der Waals surface area contributed by atoms with Crippen molar-refractivity contribution in [2.75, 3.05) is 18.6 Å². The van der Waals surface area contributed by atoms with Crippen molar-refractivity contribution in [3.05, 3.63) is 108 Å². The van der Waals surface area contributed by atoms with E-state index in [2.05, 4.69) is 9.88 Å². The van der Waals surface area contributed by atoms with E-state index in [1.807, 2.05) is 54.6 Å². The Balaban J connectivity index is 1.38. The molecular weight excluding hydrogens is 489 g/mol. The van der Waals surface area contributed by atoms with Crippen LogP contribution in [0.1, 0.15) is 21.6 Å². The number of ether oxygens (including phenoxy) is 1. The normalized spacial score (nSPS) is 11.0. The summed E-state index contributed by atoms with van der Waals surface area (Å²) in [4.78, 5) is 22.0. The first kappa shape index (κ1) is 24.4. The van der Waals surface area contributed by atoms with Crippen LogP contribution >= 0.6 is 11.3 Å². The van der Waals surface area contributed by atoms with Gasteiger partial charge >= 0.3 is 5.97 Å². The topological polar surface area (TPSA) is 75.5 Å². The van der Waals surface area contributed by atoms with Crippen LogP contribution in [-0.4, -0.2) is 34.7 Å². The van der Waals surface area contributed by atoms with Gasteiger partial charge in [0.05, 0.1) is 17.3 Å². The zero-order chi connectivity index (χ0) is 25.8. The van der Waals surface area contributed by atoms with Gasteiger partial charge in [-0.15, -0.1) is 0 Å². The average Bonchev–Trinajstić information content (AvgIpc) is 3.37. The molecule has 0 fully saturated rings. The van der Waals surface area contributed by atoms with Crippen molar-refractivity contribution in [1.82, 2.24) is 9.97 Å². The molecule has 0 aliphatic heterocycles. The van der Waals surface area contributed by atoms with Gasteiger partial charge in [-0.25, -0.2) is 19.2 Å². The Kier molecular flexibility index (Phi) is 7.09. The summed E-state index contributed by atoms with van der Waals surface area (Å²) in [5.41, 5.74) is 4.70. The van der Waals surface area contributed by atoms with Crippen LogP contribution in [0, 0.1) is 5.82 Å². The van der Waals surface area contributed by atoms with Gasteiger partial charge in [-0.05, 0) is 53.4 Å². The highest BCUT2D eigenvalue weighted by atomic mass is 32.1. The summed E-state index contributed by atoms with van der Waals surface area (Å²) in [6.07, 6.45) is 2.36. The zero-order valence-electron chi connectivity index (χ0n) is 20.1. The molecule has 0 spiro atoms. The number of thiazole rings is 1. The Morgan fingerprint density at radius 1 is 0.973 bits per heavy atom. The van der Waals surface area contributed by atoms with Crippen LogP contribution in [0.15, 0.2) is 85.1 Å². The number of rotatable bonds is 9. The number of carbonyl (C=O) groups is 1. The number of pyridine rings is 1. The van der Waals surface area contributed by atoms with Crippen LogP contribution in [0.2, 0.25) is 0 Å². The summed E-state index contributed by atoms with van der Waals surface area (Å²) >= 11 is 1.36. The summed E-state index contributed by atoms with van der Waals surface area (Å²) in [5, 5.41) is 9.83. The van der Waals surface area contributed by atoms with Gasteiger partial charge in [-0.3, -0.25) is 0 Å². The van der Waals surface area contributed by atoms with E-state index < -0.39 is 5.97 Å². The lowest BCUT2D eigenvalue weighted by Crippen LogP contribution is -2.25. The second kappa shape index (κ2) is 10.8. The number of benzene rings is 3. The second-order valence-electron chi connectivity index (χ2n) is 8.54. The van der Waals surface area contributed by atoms with Crippen LogP contribution in [0.4, 0.5) is 9.52 Å². The molecule has 186 valence electrons. The number of nitrogens with zero attached hydrogens (tertiary/aromatic N) is 3. The number of carboxylic acid groups (broad SMARTS) is 1. The molecule has 0 bridgehead atoms. The Morgan fingerprint density at radius 2 is 1.70 bits per heavy atom. The number of carboxylic acids is 1. The summed E-state index contributed by atoms with van der Waals surface area (Å²) in [6.45, 7) is 1.31. The van der Waals surface area contributed by atoms with E-state index in [4.69, 9.17) is 14.8 Å². The summed E-state index contributed by atoms with van der Waals surface area (Å²) in [6, 6.07) is 24.3. The molecule has 0 saturated heterocycles. The third-order valence-electron chi connectivity index (χ3n) is 6.10. The first-order valence-corrected chi connectivity index (χ1v) is 12.5. The number of anilines is 1. The summed E-state index contributed by atoms with van der Waals surface area (Å²) in [7, 11) is 1.65. The maximum absolute atomic E-state index is 14.4. The number of fused-ring (bicyclic) bond motifs is 1. The Hall–Kier alpha value is -4.30. The van der Waals surface area contributed by atoms with Crippen molar-refractivity contribution in [2.45, 2.75) is 13.0 Å². The highest BCUT2D eigenvalue weighted by molar-refractivity contribution is 7.22. The lowest BCUT2D eigenvalue weighted by Gasteiger charge is -2.22. The van der Waals surface area contributed by atoms with Crippen LogP contribution in [0.25, 0.3) is 21.3 Å². The molecule has 0 unspecified atom stereocenters. The molecule has 0 atom stereocenters. The standard InChI is InChI=1S/C29H24FN3O3S/c1-36-23-12-7-19(8-13-23)15-16-33(29-32-25-4-2-3-24(30)27(25)37-29)18-20-5-9-21(10-6-20)22-11-14-26(28(34)35)31-17-22/h2-14,17H,15-16,18H2,1H3,(H,34,35). The molecule has 0 aliphatic carbocycles. The quantitative estimate of drug-likeness (QED) is 0.244. The fourth-order valence-electron chi connectivity index (χ4n) is 4.05. The average molecular weight is 514 g/mol. The first-order chi connectivity index (χ1) is 18.0. The number of aromatic nitrogens is 2. The van der Waals surface area contributed by atoms with Gasteiger partial charge in [-0.2, -0.15) is 0 Å². The van der Waals surface area contributed by atoms with E-state index in [1.165, 1.54) is 29.0 Å². The number of methoxy groups -OCH3 is 1. The van der Waals surface area contributed by atoms with E-state index in [9.17, 15) is 9.18 Å². The van der Waals surface area contributed by atoms with Crippen LogP contribution in [0.5, 0.6) is 5.75 Å². The van der Waals surface area contributed by atoms with Gasteiger partial charge < -0.3 is 14.7 Å². The maximum atomic E-state index is 14.4. The predicted molar refractivity (Wildman–Crippen MR) is 144 cm³/mol. The van der Waals surface area contributed by atoms with Gasteiger partial charge in [0.1, 0.15) is 17.3 Å². The highest BCUT2D eigenvalue weighted by Gasteiger charge is 2.15. The van der Waals surface area contributed by atoms with Crippen molar-refractivity contribution < 1.29 is 19.0 Å². The Bertz CT molecular complexity index is 1520. The third kappa shape index (κ3) is 5.59.